The van der Waals surface area contributed by atoms with E-state index in [1.54, 1.807) is 11.2 Å². The number of nitrogens with one attached hydrogen (secondary N) is 1. The van der Waals surface area contributed by atoms with E-state index < -0.39 is 5.54 Å². The second-order valence-corrected chi connectivity index (χ2v) is 9.82. The topological polar surface area (TPSA) is 67.5 Å². The molecule has 2 aliphatic rings. The van der Waals surface area contributed by atoms with Crippen LogP contribution in [0.5, 0.6) is 0 Å². The normalized spacial score (nSPS) is 21.6. The lowest BCUT2D eigenvalue weighted by Crippen LogP contribution is -2.64. The fourth-order valence-electron chi connectivity index (χ4n) is 5.38. The van der Waals surface area contributed by atoms with Gasteiger partial charge in [0.15, 0.2) is 0 Å². The molecule has 2 aromatic heterocycles. The standard InChI is InChI=1S/C28H33N3O3/c1-28(27(33)29-22-13-8-3-2-4-9-14-22)20-30-24(21-11-6-5-7-12-21)16-17-25(30)26(32)31(28)19-23-15-10-18-34-23/h5-7,10-12,15-18,22H,2-4,8-9,13-14,19-20H2,1H3,(H,29,33). The highest BCUT2D eigenvalue weighted by Gasteiger charge is 2.48. The van der Waals surface area contributed by atoms with Crippen LogP contribution < -0.4 is 5.32 Å². The van der Waals surface area contributed by atoms with Gasteiger partial charge in [0.05, 0.1) is 19.4 Å². The van der Waals surface area contributed by atoms with Crippen LogP contribution in [0.15, 0.2) is 65.3 Å². The Labute approximate surface area is 200 Å². The second kappa shape index (κ2) is 9.53. The predicted molar refractivity (Wildman–Crippen MR) is 131 cm³/mol. The van der Waals surface area contributed by atoms with Gasteiger partial charge in [-0.2, -0.15) is 0 Å². The molecule has 1 saturated carbocycles. The van der Waals surface area contributed by atoms with Crippen LogP contribution in [0.3, 0.4) is 0 Å². The van der Waals surface area contributed by atoms with Crippen molar-refractivity contribution in [1.29, 1.82) is 0 Å². The van der Waals surface area contributed by atoms with Gasteiger partial charge in [-0.3, -0.25) is 9.59 Å². The van der Waals surface area contributed by atoms with Crippen LogP contribution in [0.2, 0.25) is 0 Å². The Morgan fingerprint density at radius 1 is 0.971 bits per heavy atom. The van der Waals surface area contributed by atoms with Crippen molar-refractivity contribution in [2.75, 3.05) is 0 Å². The first-order valence-corrected chi connectivity index (χ1v) is 12.5. The molecule has 1 N–H and O–H groups in total. The molecule has 0 spiro atoms. The molecule has 1 aromatic carbocycles. The van der Waals surface area contributed by atoms with Gasteiger partial charge in [0.2, 0.25) is 5.91 Å². The summed E-state index contributed by atoms with van der Waals surface area (Å²) in [7, 11) is 0. The Hall–Kier alpha value is -3.28. The monoisotopic (exact) mass is 459 g/mol. The maximum atomic E-state index is 13.9. The smallest absolute Gasteiger partial charge is 0.271 e. The van der Waals surface area contributed by atoms with E-state index in [9.17, 15) is 9.59 Å². The molecule has 0 radical (unpaired) electrons. The van der Waals surface area contributed by atoms with Gasteiger partial charge in [0, 0.05) is 11.7 Å². The first kappa shape index (κ1) is 22.5. The molecule has 1 aliphatic heterocycles. The van der Waals surface area contributed by atoms with Gasteiger partial charge in [0.25, 0.3) is 5.91 Å². The van der Waals surface area contributed by atoms with Gasteiger partial charge in [-0.25, -0.2) is 0 Å². The summed E-state index contributed by atoms with van der Waals surface area (Å²) in [5, 5.41) is 3.33. The lowest BCUT2D eigenvalue weighted by atomic mass is 9.92. The SMILES string of the molecule is CC1(C(=O)NC2CCCCCCC2)Cn2c(ccc2-c2ccccc2)C(=O)N1Cc1ccco1. The molecule has 2 amide bonds. The van der Waals surface area contributed by atoms with E-state index in [0.29, 0.717) is 18.0 Å². The number of furan rings is 1. The van der Waals surface area contributed by atoms with Crippen molar-refractivity contribution in [3.05, 3.63) is 72.3 Å². The van der Waals surface area contributed by atoms with Crippen molar-refractivity contribution < 1.29 is 14.0 Å². The Morgan fingerprint density at radius 3 is 2.38 bits per heavy atom. The molecular formula is C28H33N3O3. The molecule has 0 saturated heterocycles. The number of fused-ring (bicyclic) bond motifs is 1. The summed E-state index contributed by atoms with van der Waals surface area (Å²) in [5.74, 6) is 0.429. The number of rotatable bonds is 5. The number of benzene rings is 1. The molecule has 3 heterocycles. The number of carbonyl (C=O) groups excluding carboxylic acids is 2. The third-order valence-electron chi connectivity index (χ3n) is 7.40. The lowest BCUT2D eigenvalue weighted by molar-refractivity contribution is -0.134. The molecule has 34 heavy (non-hydrogen) atoms. The molecule has 178 valence electrons. The molecule has 3 aromatic rings. The van der Waals surface area contributed by atoms with E-state index in [4.69, 9.17) is 4.42 Å². The van der Waals surface area contributed by atoms with Gasteiger partial charge in [-0.1, -0.05) is 62.4 Å². The average molecular weight is 460 g/mol. The minimum Gasteiger partial charge on any atom is -0.467 e. The zero-order valence-electron chi connectivity index (χ0n) is 19.8. The summed E-state index contributed by atoms with van der Waals surface area (Å²) >= 11 is 0. The van der Waals surface area contributed by atoms with E-state index in [-0.39, 0.29) is 24.4 Å². The van der Waals surface area contributed by atoms with Gasteiger partial charge >= 0.3 is 0 Å². The van der Waals surface area contributed by atoms with Crippen molar-refractivity contribution >= 4 is 11.8 Å². The Kier molecular flexibility index (Phi) is 6.31. The summed E-state index contributed by atoms with van der Waals surface area (Å²) in [6, 6.07) is 17.7. The number of aromatic nitrogens is 1. The zero-order valence-corrected chi connectivity index (χ0v) is 19.8. The van der Waals surface area contributed by atoms with Gasteiger partial charge in [-0.15, -0.1) is 0 Å². The molecule has 0 bridgehead atoms. The highest BCUT2D eigenvalue weighted by molar-refractivity contribution is 6.00. The second-order valence-electron chi connectivity index (χ2n) is 9.82. The van der Waals surface area contributed by atoms with Gasteiger partial charge in [0.1, 0.15) is 17.0 Å². The molecule has 1 atom stereocenters. The Bertz CT molecular complexity index is 1130. The third-order valence-corrected chi connectivity index (χ3v) is 7.40. The molecule has 1 unspecified atom stereocenters. The molecular weight excluding hydrogens is 426 g/mol. The first-order chi connectivity index (χ1) is 16.6. The number of amides is 2. The molecule has 5 rings (SSSR count). The Balaban J connectivity index is 1.49. The van der Waals surface area contributed by atoms with Crippen LogP contribution in [0.25, 0.3) is 11.3 Å². The molecule has 1 fully saturated rings. The average Bonchev–Trinajstić information content (AvgIpc) is 3.49. The van der Waals surface area contributed by atoms with Crippen LogP contribution >= 0.6 is 0 Å². The number of hydrogen-bond acceptors (Lipinski definition) is 3. The largest absolute Gasteiger partial charge is 0.467 e. The summed E-state index contributed by atoms with van der Waals surface area (Å²) in [6.07, 6.45) is 9.59. The van der Waals surface area contributed by atoms with Crippen molar-refractivity contribution in [3.8, 4) is 11.3 Å². The maximum absolute atomic E-state index is 13.9. The van der Waals surface area contributed by atoms with E-state index in [1.165, 1.54) is 19.3 Å². The van der Waals surface area contributed by atoms with Crippen molar-refractivity contribution in [2.24, 2.45) is 0 Å². The number of nitrogens with zero attached hydrogens (tertiary/aromatic N) is 2. The molecule has 6 nitrogen and oxygen atoms in total. The number of hydrogen-bond donors (Lipinski definition) is 1. The summed E-state index contributed by atoms with van der Waals surface area (Å²) in [6.45, 7) is 2.54. The lowest BCUT2D eigenvalue weighted by Gasteiger charge is -2.44. The fourth-order valence-corrected chi connectivity index (χ4v) is 5.38. The minimum absolute atomic E-state index is 0.0867. The van der Waals surface area contributed by atoms with E-state index >= 15 is 0 Å². The van der Waals surface area contributed by atoms with Crippen molar-refractivity contribution in [3.63, 3.8) is 0 Å². The summed E-state index contributed by atoms with van der Waals surface area (Å²) < 4.78 is 7.58. The van der Waals surface area contributed by atoms with Crippen LogP contribution in [-0.2, 0) is 17.9 Å². The minimum atomic E-state index is -1.04. The Morgan fingerprint density at radius 2 is 1.68 bits per heavy atom. The third kappa shape index (κ3) is 4.29. The summed E-state index contributed by atoms with van der Waals surface area (Å²) in [5.41, 5.74) is 1.54. The molecule has 6 heteroatoms. The molecule has 1 aliphatic carbocycles. The van der Waals surface area contributed by atoms with E-state index in [2.05, 4.69) is 5.32 Å². The van der Waals surface area contributed by atoms with E-state index in [0.717, 1.165) is 36.9 Å². The van der Waals surface area contributed by atoms with Crippen LogP contribution in [0, 0.1) is 0 Å². The first-order valence-electron chi connectivity index (χ1n) is 12.5. The highest BCUT2D eigenvalue weighted by Crippen LogP contribution is 2.34. The van der Waals surface area contributed by atoms with Crippen LogP contribution in [0.1, 0.15) is 68.1 Å². The van der Waals surface area contributed by atoms with E-state index in [1.807, 2.05) is 66.1 Å². The zero-order chi connectivity index (χ0) is 23.5. The van der Waals surface area contributed by atoms with Gasteiger partial charge in [-0.05, 0) is 49.6 Å². The van der Waals surface area contributed by atoms with Crippen molar-refractivity contribution in [1.82, 2.24) is 14.8 Å². The fraction of sp³-hybridized carbons (Fsp3) is 0.429. The quantitative estimate of drug-likeness (QED) is 0.556. The highest BCUT2D eigenvalue weighted by atomic mass is 16.3. The van der Waals surface area contributed by atoms with Crippen molar-refractivity contribution in [2.45, 2.75) is 76.5 Å². The predicted octanol–water partition coefficient (Wildman–Crippen LogP) is 5.39. The maximum Gasteiger partial charge on any atom is 0.271 e. The van der Waals surface area contributed by atoms with Crippen LogP contribution in [-0.4, -0.2) is 32.9 Å². The summed E-state index contributed by atoms with van der Waals surface area (Å²) in [4.78, 5) is 29.4. The number of carbonyl (C=O) groups is 2. The van der Waals surface area contributed by atoms with Gasteiger partial charge < -0.3 is 19.2 Å². The van der Waals surface area contributed by atoms with Crippen LogP contribution in [0.4, 0.5) is 0 Å².